The number of halogens is 3. The van der Waals surface area contributed by atoms with Crippen LogP contribution in [0.2, 0.25) is 0 Å². The van der Waals surface area contributed by atoms with Crippen LogP contribution in [0.5, 0.6) is 0 Å². The van der Waals surface area contributed by atoms with Gasteiger partial charge in [-0.25, -0.2) is 0 Å². The number of benzene rings is 1. The van der Waals surface area contributed by atoms with Crippen LogP contribution >= 0.6 is 0 Å². The lowest BCUT2D eigenvalue weighted by atomic mass is 9.72. The van der Waals surface area contributed by atoms with Crippen molar-refractivity contribution in [1.29, 1.82) is 0 Å². The normalized spacial score (nSPS) is 25.7. The van der Waals surface area contributed by atoms with Gasteiger partial charge in [0.1, 0.15) is 0 Å². The number of carbonyl (C=O) groups is 1. The molecule has 29 heavy (non-hydrogen) atoms. The number of likely N-dealkylation sites (N-methyl/N-ethyl adjacent to an activating group) is 1. The van der Waals surface area contributed by atoms with E-state index in [4.69, 9.17) is 0 Å². The maximum atomic E-state index is 13.7. The molecule has 1 aliphatic heterocycles. The molecular weight excluding hydrogens is 383 g/mol. The Kier molecular flexibility index (Phi) is 4.90. The highest BCUT2D eigenvalue weighted by molar-refractivity contribution is 5.91. The van der Waals surface area contributed by atoms with Gasteiger partial charge in [-0.05, 0) is 50.9 Å². The Hall–Kier alpha value is -2.06. The first-order chi connectivity index (χ1) is 13.6. The van der Waals surface area contributed by atoms with Crippen molar-refractivity contribution in [2.45, 2.75) is 51.0 Å². The second kappa shape index (κ2) is 7.02. The maximum Gasteiger partial charge on any atom is 0.489 e. The third kappa shape index (κ3) is 3.22. The monoisotopic (exact) mass is 409 g/mol. The predicted octanol–water partition coefficient (Wildman–Crippen LogP) is 2.88. The Bertz CT molecular complexity index is 953. The number of piperidine rings is 1. The quantitative estimate of drug-likeness (QED) is 0.820. The van der Waals surface area contributed by atoms with Crippen LogP contribution < -0.4 is 5.32 Å². The molecule has 0 radical (unpaired) electrons. The molecule has 4 atom stereocenters. The number of hydrogen-bond acceptors (Lipinski definition) is 3. The number of aliphatic hydroxyl groups excluding tert-OH is 1. The molecule has 5 nitrogen and oxygen atoms in total. The zero-order chi connectivity index (χ0) is 21.1. The Morgan fingerprint density at radius 1 is 1.38 bits per heavy atom. The second-order valence-corrected chi connectivity index (χ2v) is 8.45. The lowest BCUT2D eigenvalue weighted by Gasteiger charge is -2.45. The van der Waals surface area contributed by atoms with Crippen molar-refractivity contribution < 1.29 is 23.1 Å². The smallest absolute Gasteiger partial charge is 0.394 e. The molecule has 1 aromatic carbocycles. The lowest BCUT2D eigenvalue weighted by Crippen LogP contribution is -2.52. The van der Waals surface area contributed by atoms with E-state index in [0.29, 0.717) is 29.3 Å². The largest absolute Gasteiger partial charge is 0.489 e. The number of likely N-dealkylation sites (tertiary alicyclic amines) is 1. The summed E-state index contributed by atoms with van der Waals surface area (Å²) in [6, 6.07) is 4.87. The van der Waals surface area contributed by atoms with Gasteiger partial charge in [0.15, 0.2) is 0 Å². The van der Waals surface area contributed by atoms with Gasteiger partial charge in [-0.1, -0.05) is 12.1 Å². The number of amides is 1. The van der Waals surface area contributed by atoms with Crippen LogP contribution in [-0.4, -0.2) is 52.8 Å². The molecule has 2 heterocycles. The van der Waals surface area contributed by atoms with Crippen LogP contribution in [0.4, 0.5) is 13.2 Å². The van der Waals surface area contributed by atoms with Gasteiger partial charge in [-0.2, -0.15) is 0 Å². The van der Waals surface area contributed by atoms with E-state index in [1.165, 1.54) is 6.07 Å². The first kappa shape index (κ1) is 20.2. The van der Waals surface area contributed by atoms with E-state index < -0.39 is 6.30 Å². The van der Waals surface area contributed by atoms with Crippen molar-refractivity contribution >= 4 is 16.8 Å². The van der Waals surface area contributed by atoms with Crippen molar-refractivity contribution in [2.24, 2.45) is 5.92 Å². The van der Waals surface area contributed by atoms with E-state index in [0.717, 1.165) is 11.1 Å². The summed E-state index contributed by atoms with van der Waals surface area (Å²) in [5.74, 6) is -0.384. The highest BCUT2D eigenvalue weighted by Gasteiger charge is 2.44. The van der Waals surface area contributed by atoms with Gasteiger partial charge in [0.05, 0.1) is 18.0 Å². The zero-order valence-electron chi connectivity index (χ0n) is 16.8. The average Bonchev–Trinajstić information content (AvgIpc) is 2.95. The Labute approximate surface area is 167 Å². The molecule has 1 amide bonds. The molecule has 1 saturated heterocycles. The van der Waals surface area contributed by atoms with Gasteiger partial charge in [0.2, 0.25) is 5.91 Å². The summed E-state index contributed by atoms with van der Waals surface area (Å²) >= 11 is 0. The summed E-state index contributed by atoms with van der Waals surface area (Å²) in [4.78, 5) is 14.8. The van der Waals surface area contributed by atoms with Crippen molar-refractivity contribution in [1.82, 2.24) is 14.8 Å². The number of fused-ring (bicyclic) bond motifs is 2. The van der Waals surface area contributed by atoms with Gasteiger partial charge in [0.25, 0.3) is 0 Å². The van der Waals surface area contributed by atoms with E-state index in [1.807, 2.05) is 13.1 Å². The third-order valence-electron chi connectivity index (χ3n) is 6.57. The van der Waals surface area contributed by atoms with E-state index >= 15 is 0 Å². The molecule has 1 aromatic heterocycles. The minimum absolute atomic E-state index is 0.00591. The van der Waals surface area contributed by atoms with Gasteiger partial charge in [-0.15, -0.1) is 13.2 Å². The zero-order valence-corrected chi connectivity index (χ0v) is 16.8. The van der Waals surface area contributed by atoms with Crippen molar-refractivity contribution in [3.8, 4) is 0 Å². The molecule has 1 aliphatic carbocycles. The van der Waals surface area contributed by atoms with Crippen molar-refractivity contribution in [2.75, 3.05) is 20.2 Å². The highest BCUT2D eigenvalue weighted by Crippen LogP contribution is 2.47. The summed E-state index contributed by atoms with van der Waals surface area (Å²) in [6.45, 7) is 3.70. The van der Waals surface area contributed by atoms with Crippen molar-refractivity contribution in [3.05, 3.63) is 35.0 Å². The molecule has 0 saturated carbocycles. The molecular formula is C21H26F3N3O2. The molecule has 0 spiro atoms. The average molecular weight is 409 g/mol. The van der Waals surface area contributed by atoms with E-state index in [-0.39, 0.29) is 47.6 Å². The number of nitrogens with one attached hydrogen (secondary N) is 1. The highest BCUT2D eigenvalue weighted by atomic mass is 19.4. The third-order valence-corrected chi connectivity index (χ3v) is 6.57. The molecule has 3 unspecified atom stereocenters. The fraction of sp³-hybridized carbons (Fsp3) is 0.571. The number of rotatable bonds is 3. The number of aromatic nitrogens is 1. The molecule has 8 heteroatoms. The molecule has 158 valence electrons. The van der Waals surface area contributed by atoms with Gasteiger partial charge in [0, 0.05) is 35.6 Å². The summed E-state index contributed by atoms with van der Waals surface area (Å²) in [5, 5.41) is 12.7. The number of alkyl halides is 3. The van der Waals surface area contributed by atoms with E-state index in [1.54, 1.807) is 19.9 Å². The standard InChI is InChI=1S/C21H26F3N3O2/c1-11(10-28)25-20(29)13-7-16-14-5-4-6-17-19(14)15(8-18(16)26(3)9-13)12(2)27(17)21(22,23)24/h4-6,11,13,16,18,28H,7-10H2,1-3H3,(H,25,29)/t11?,13?,16?,18-/m1/s1. The van der Waals surface area contributed by atoms with Crippen LogP contribution in [0, 0.1) is 12.8 Å². The lowest BCUT2D eigenvalue weighted by molar-refractivity contribution is -0.201. The summed E-state index contributed by atoms with van der Waals surface area (Å²) in [6.07, 6.45) is -3.33. The Morgan fingerprint density at radius 3 is 2.76 bits per heavy atom. The fourth-order valence-electron chi connectivity index (χ4n) is 5.22. The molecule has 1 fully saturated rings. The number of nitrogens with zero attached hydrogens (tertiary/aromatic N) is 2. The van der Waals surface area contributed by atoms with Crippen LogP contribution in [0.3, 0.4) is 0 Å². The first-order valence-electron chi connectivity index (χ1n) is 9.95. The summed E-state index contributed by atoms with van der Waals surface area (Å²) in [5.41, 5.74) is 2.12. The van der Waals surface area contributed by atoms with Crippen LogP contribution in [0.15, 0.2) is 18.2 Å². The predicted molar refractivity (Wildman–Crippen MR) is 104 cm³/mol. The van der Waals surface area contributed by atoms with Crippen LogP contribution in [-0.2, 0) is 17.5 Å². The van der Waals surface area contributed by atoms with Gasteiger partial charge < -0.3 is 15.3 Å². The number of carbonyl (C=O) groups excluding carboxylic acids is 1. The molecule has 4 rings (SSSR count). The van der Waals surface area contributed by atoms with Crippen LogP contribution in [0.25, 0.3) is 10.9 Å². The fourth-order valence-corrected chi connectivity index (χ4v) is 5.22. The maximum absolute atomic E-state index is 13.7. The molecule has 2 aromatic rings. The van der Waals surface area contributed by atoms with Gasteiger partial charge >= 0.3 is 6.30 Å². The van der Waals surface area contributed by atoms with E-state index in [2.05, 4.69) is 10.2 Å². The number of hydrogen-bond donors (Lipinski definition) is 2. The summed E-state index contributed by atoms with van der Waals surface area (Å²) < 4.78 is 41.7. The Morgan fingerprint density at radius 2 is 2.10 bits per heavy atom. The summed E-state index contributed by atoms with van der Waals surface area (Å²) in [7, 11) is 1.94. The minimum Gasteiger partial charge on any atom is -0.394 e. The minimum atomic E-state index is -4.47. The molecule has 2 aliphatic rings. The topological polar surface area (TPSA) is 57.5 Å². The first-order valence-corrected chi connectivity index (χ1v) is 9.95. The second-order valence-electron chi connectivity index (χ2n) is 8.45. The molecule has 2 N–H and O–H groups in total. The van der Waals surface area contributed by atoms with Gasteiger partial charge in [-0.3, -0.25) is 9.36 Å². The van der Waals surface area contributed by atoms with Crippen molar-refractivity contribution in [3.63, 3.8) is 0 Å². The van der Waals surface area contributed by atoms with E-state index in [9.17, 15) is 23.1 Å². The van der Waals surface area contributed by atoms with Crippen LogP contribution in [0.1, 0.15) is 36.1 Å². The SMILES string of the molecule is Cc1c2c3c(cccc3n1C(F)(F)F)C1CC(C(=O)NC(C)CO)CN(C)[C@@H]1C2. The Balaban J connectivity index is 1.76. The number of aliphatic hydroxyl groups is 1. The molecule has 0 bridgehead atoms.